The van der Waals surface area contributed by atoms with E-state index in [1.165, 1.54) is 42.7 Å². The van der Waals surface area contributed by atoms with Crippen LogP contribution >= 0.6 is 0 Å². The summed E-state index contributed by atoms with van der Waals surface area (Å²) in [6.07, 6.45) is 1.13. The zero-order chi connectivity index (χ0) is 24.8. The number of rotatable bonds is 5. The third kappa shape index (κ3) is 4.17. The number of hydrogen-bond acceptors (Lipinski definition) is 4. The average Bonchev–Trinajstić information content (AvgIpc) is 3.17. The van der Waals surface area contributed by atoms with Crippen LogP contribution in [0.3, 0.4) is 0 Å². The maximum atomic E-state index is 13.5. The molecule has 0 aliphatic carbocycles. The van der Waals surface area contributed by atoms with Gasteiger partial charge >= 0.3 is 0 Å². The normalized spacial score (nSPS) is 11.6. The lowest BCUT2D eigenvalue weighted by Crippen LogP contribution is -2.25. The largest absolute Gasteiger partial charge is 0.455 e. The van der Waals surface area contributed by atoms with Crippen molar-refractivity contribution in [3.05, 3.63) is 77.1 Å². The Morgan fingerprint density at radius 2 is 1.62 bits per heavy atom. The maximum absolute atomic E-state index is 13.5. The molecule has 0 bridgehead atoms. The highest BCUT2D eigenvalue weighted by atomic mass is 32.2. The van der Waals surface area contributed by atoms with E-state index in [1.54, 1.807) is 12.1 Å². The summed E-state index contributed by atoms with van der Waals surface area (Å²) in [5.41, 5.74) is 5.19. The van der Waals surface area contributed by atoms with E-state index >= 15 is 0 Å². The molecule has 0 radical (unpaired) electrons. The number of anilines is 1. The van der Waals surface area contributed by atoms with E-state index in [-0.39, 0.29) is 11.7 Å². The van der Waals surface area contributed by atoms with Crippen molar-refractivity contribution in [3.8, 4) is 22.5 Å². The van der Waals surface area contributed by atoms with Gasteiger partial charge in [0.1, 0.15) is 17.2 Å². The molecule has 0 aliphatic rings. The molecule has 0 fully saturated rings. The van der Waals surface area contributed by atoms with E-state index in [9.17, 15) is 17.6 Å². The number of benzene rings is 3. The van der Waals surface area contributed by atoms with E-state index in [0.29, 0.717) is 33.3 Å². The third-order valence-electron chi connectivity index (χ3n) is 6.02. The van der Waals surface area contributed by atoms with Gasteiger partial charge in [0.05, 0.1) is 17.5 Å². The Labute approximate surface area is 198 Å². The van der Waals surface area contributed by atoms with Crippen molar-refractivity contribution < 1.29 is 22.0 Å². The van der Waals surface area contributed by atoms with Gasteiger partial charge in [0.2, 0.25) is 10.0 Å². The fourth-order valence-electron chi connectivity index (χ4n) is 3.87. The first-order chi connectivity index (χ1) is 16.0. The molecule has 8 heteroatoms. The summed E-state index contributed by atoms with van der Waals surface area (Å²) in [7, 11) is -0.588. The Hall–Kier alpha value is -3.65. The molecule has 1 heterocycles. The zero-order valence-corrected chi connectivity index (χ0v) is 20.4. The highest BCUT2D eigenvalue weighted by Crippen LogP contribution is 2.41. The summed E-state index contributed by atoms with van der Waals surface area (Å²) in [5, 5.41) is 3.16. The Morgan fingerprint density at radius 3 is 2.21 bits per heavy atom. The minimum Gasteiger partial charge on any atom is -0.455 e. The van der Waals surface area contributed by atoms with Crippen molar-refractivity contribution in [2.45, 2.75) is 13.8 Å². The van der Waals surface area contributed by atoms with Crippen molar-refractivity contribution >= 4 is 32.6 Å². The van der Waals surface area contributed by atoms with E-state index in [1.807, 2.05) is 32.0 Å². The number of sulfonamides is 1. The minimum atomic E-state index is -3.58. The molecule has 1 aromatic heterocycles. The number of amides is 1. The molecule has 1 amide bonds. The molecule has 3 aromatic carbocycles. The molecule has 4 aromatic rings. The standard InChI is InChI=1S/C26H25FN2O4S/c1-15-6-7-18(12-16(15)2)20-13-21-23(14-22(20)29(4)34(5,31)32)33-25(24(21)26(30)28-3)17-8-10-19(27)11-9-17/h6-14H,1-5H3,(H,28,30). The summed E-state index contributed by atoms with van der Waals surface area (Å²) < 4.78 is 45.7. The number of nitrogens with zero attached hydrogens (tertiary/aromatic N) is 1. The fourth-order valence-corrected chi connectivity index (χ4v) is 4.37. The molecule has 0 saturated carbocycles. The number of aryl methyl sites for hydroxylation is 2. The smallest absolute Gasteiger partial charge is 0.255 e. The Balaban J connectivity index is 2.09. The first-order valence-electron chi connectivity index (χ1n) is 10.6. The van der Waals surface area contributed by atoms with Crippen LogP contribution in [-0.4, -0.2) is 34.7 Å². The number of carbonyl (C=O) groups excluding carboxylic acids is 1. The lowest BCUT2D eigenvalue weighted by Gasteiger charge is -2.21. The third-order valence-corrected chi connectivity index (χ3v) is 7.21. The lowest BCUT2D eigenvalue weighted by atomic mass is 9.96. The van der Waals surface area contributed by atoms with Gasteiger partial charge in [0.25, 0.3) is 5.91 Å². The SMILES string of the molecule is CNC(=O)c1c(-c2ccc(F)cc2)oc2cc(N(C)S(C)(=O)=O)c(-c3ccc(C)c(C)c3)cc12. The Bertz CT molecular complexity index is 1520. The van der Waals surface area contributed by atoms with Gasteiger partial charge in [-0.25, -0.2) is 12.8 Å². The van der Waals surface area contributed by atoms with E-state index in [2.05, 4.69) is 5.32 Å². The molecule has 0 spiro atoms. The second-order valence-corrected chi connectivity index (χ2v) is 10.3. The van der Waals surface area contributed by atoms with Crippen LogP contribution in [-0.2, 0) is 10.0 Å². The van der Waals surface area contributed by atoms with Gasteiger partial charge in [-0.05, 0) is 60.9 Å². The van der Waals surface area contributed by atoms with Gasteiger partial charge in [-0.2, -0.15) is 0 Å². The van der Waals surface area contributed by atoms with Gasteiger partial charge in [-0.3, -0.25) is 9.10 Å². The van der Waals surface area contributed by atoms with Crippen LogP contribution in [0.25, 0.3) is 33.4 Å². The van der Waals surface area contributed by atoms with Crippen LogP contribution in [0.2, 0.25) is 0 Å². The monoisotopic (exact) mass is 480 g/mol. The topological polar surface area (TPSA) is 79.6 Å². The summed E-state index contributed by atoms with van der Waals surface area (Å²) in [4.78, 5) is 12.9. The molecule has 0 unspecified atom stereocenters. The molecule has 0 aliphatic heterocycles. The number of nitrogens with one attached hydrogen (secondary N) is 1. The predicted molar refractivity (Wildman–Crippen MR) is 133 cm³/mol. The summed E-state index contributed by atoms with van der Waals surface area (Å²) in [6.45, 7) is 3.98. The van der Waals surface area contributed by atoms with Crippen molar-refractivity contribution in [2.24, 2.45) is 0 Å². The second-order valence-electron chi connectivity index (χ2n) is 8.29. The van der Waals surface area contributed by atoms with Crippen molar-refractivity contribution in [3.63, 3.8) is 0 Å². The minimum absolute atomic E-state index is 0.277. The van der Waals surface area contributed by atoms with Crippen LogP contribution in [0.15, 0.2) is 59.0 Å². The molecule has 0 atom stereocenters. The zero-order valence-electron chi connectivity index (χ0n) is 19.6. The summed E-state index contributed by atoms with van der Waals surface area (Å²) >= 11 is 0. The van der Waals surface area contributed by atoms with Gasteiger partial charge in [0.15, 0.2) is 0 Å². The highest BCUT2D eigenvalue weighted by molar-refractivity contribution is 7.92. The molecular weight excluding hydrogens is 455 g/mol. The van der Waals surface area contributed by atoms with E-state index < -0.39 is 15.8 Å². The van der Waals surface area contributed by atoms with Gasteiger partial charge < -0.3 is 9.73 Å². The Kier molecular flexibility index (Phi) is 5.95. The lowest BCUT2D eigenvalue weighted by molar-refractivity contribution is 0.0964. The van der Waals surface area contributed by atoms with E-state index in [4.69, 9.17) is 4.42 Å². The number of halogens is 1. The number of furan rings is 1. The number of fused-ring (bicyclic) bond motifs is 1. The predicted octanol–water partition coefficient (Wildman–Crippen LogP) is 5.28. The van der Waals surface area contributed by atoms with Gasteiger partial charge in [-0.15, -0.1) is 0 Å². The first-order valence-corrected chi connectivity index (χ1v) is 12.5. The van der Waals surface area contributed by atoms with Crippen LogP contribution < -0.4 is 9.62 Å². The molecule has 6 nitrogen and oxygen atoms in total. The molecule has 1 N–H and O–H groups in total. The summed E-state index contributed by atoms with van der Waals surface area (Å²) in [5.74, 6) is -0.497. The quantitative estimate of drug-likeness (QED) is 0.422. The van der Waals surface area contributed by atoms with Crippen molar-refractivity contribution in [2.75, 3.05) is 24.7 Å². The van der Waals surface area contributed by atoms with Gasteiger partial charge in [-0.1, -0.05) is 18.2 Å². The number of carbonyl (C=O) groups is 1. The fraction of sp³-hybridized carbons (Fsp3) is 0.192. The molecular formula is C26H25FN2O4S. The van der Waals surface area contributed by atoms with Crippen LogP contribution in [0.1, 0.15) is 21.5 Å². The Morgan fingerprint density at radius 1 is 0.971 bits per heavy atom. The molecule has 0 saturated heterocycles. The first kappa shape index (κ1) is 23.5. The molecule has 4 rings (SSSR count). The van der Waals surface area contributed by atoms with Crippen molar-refractivity contribution in [1.82, 2.24) is 5.32 Å². The van der Waals surface area contributed by atoms with E-state index in [0.717, 1.165) is 22.9 Å². The molecule has 34 heavy (non-hydrogen) atoms. The maximum Gasteiger partial charge on any atom is 0.255 e. The van der Waals surface area contributed by atoms with Crippen molar-refractivity contribution in [1.29, 1.82) is 0 Å². The second kappa shape index (κ2) is 8.61. The van der Waals surface area contributed by atoms with Gasteiger partial charge in [0, 0.05) is 36.7 Å². The number of hydrogen-bond donors (Lipinski definition) is 1. The van der Waals surface area contributed by atoms with Crippen LogP contribution in [0.5, 0.6) is 0 Å². The van der Waals surface area contributed by atoms with Crippen LogP contribution in [0.4, 0.5) is 10.1 Å². The highest BCUT2D eigenvalue weighted by Gasteiger charge is 2.26. The average molecular weight is 481 g/mol. The van der Waals surface area contributed by atoms with Crippen LogP contribution in [0, 0.1) is 19.7 Å². The summed E-state index contributed by atoms with van der Waals surface area (Å²) in [6, 6.07) is 14.9. The molecule has 176 valence electrons.